The molecule has 7 nitrogen and oxygen atoms in total. The van der Waals surface area contributed by atoms with Gasteiger partial charge in [0.25, 0.3) is 0 Å². The molecule has 0 radical (unpaired) electrons. The fraction of sp³-hybridized carbons (Fsp3) is 0.409. The van der Waals surface area contributed by atoms with Gasteiger partial charge in [0.2, 0.25) is 10.0 Å². The third-order valence-electron chi connectivity index (χ3n) is 5.72. The molecule has 0 N–H and O–H groups in total. The van der Waals surface area contributed by atoms with E-state index in [1.807, 2.05) is 6.07 Å². The molecule has 4 rings (SSSR count). The average Bonchev–Trinajstić information content (AvgIpc) is 3.21. The van der Waals surface area contributed by atoms with Gasteiger partial charge in [0.1, 0.15) is 5.75 Å². The maximum Gasteiger partial charge on any atom is 0.337 e. The Balaban J connectivity index is 1.44. The highest BCUT2D eigenvalue weighted by molar-refractivity contribution is 7.89. The van der Waals surface area contributed by atoms with Crippen LogP contribution < -0.4 is 4.74 Å². The zero-order valence-electron chi connectivity index (χ0n) is 17.3. The van der Waals surface area contributed by atoms with Gasteiger partial charge < -0.3 is 9.47 Å². The largest absolute Gasteiger partial charge is 0.493 e. The van der Waals surface area contributed by atoms with Crippen molar-refractivity contribution in [2.24, 2.45) is 0 Å². The van der Waals surface area contributed by atoms with Crippen molar-refractivity contribution in [3.8, 4) is 5.75 Å². The minimum atomic E-state index is -3.68. The van der Waals surface area contributed by atoms with E-state index < -0.39 is 16.0 Å². The first-order valence-electron chi connectivity index (χ1n) is 10.0. The molecule has 0 spiro atoms. The van der Waals surface area contributed by atoms with Gasteiger partial charge >= 0.3 is 5.97 Å². The van der Waals surface area contributed by atoms with Crippen LogP contribution in [0.4, 0.5) is 0 Å². The Labute approximate surface area is 177 Å². The smallest absolute Gasteiger partial charge is 0.337 e. The minimum absolute atomic E-state index is 0.164. The number of piperazine rings is 1. The lowest BCUT2D eigenvalue weighted by molar-refractivity contribution is 0.0600. The number of methoxy groups -OCH3 is 1. The van der Waals surface area contributed by atoms with Gasteiger partial charge in [-0.3, -0.25) is 4.90 Å². The van der Waals surface area contributed by atoms with E-state index in [0.717, 1.165) is 25.3 Å². The molecule has 160 valence electrons. The number of hydrogen-bond donors (Lipinski definition) is 0. The summed E-state index contributed by atoms with van der Waals surface area (Å²) >= 11 is 0. The quantitative estimate of drug-likeness (QED) is 0.677. The highest BCUT2D eigenvalue weighted by atomic mass is 32.2. The summed E-state index contributed by atoms with van der Waals surface area (Å²) in [6.07, 6.45) is 0.944. The summed E-state index contributed by atoms with van der Waals surface area (Å²) in [7, 11) is -2.40. The summed E-state index contributed by atoms with van der Waals surface area (Å²) < 4.78 is 38.2. The predicted molar refractivity (Wildman–Crippen MR) is 112 cm³/mol. The Bertz CT molecular complexity index is 1060. The fourth-order valence-electron chi connectivity index (χ4n) is 3.99. The number of rotatable bonds is 5. The maximum atomic E-state index is 13.2. The van der Waals surface area contributed by atoms with Crippen LogP contribution in [0.25, 0.3) is 0 Å². The van der Waals surface area contributed by atoms with Crippen molar-refractivity contribution in [2.75, 3.05) is 39.9 Å². The van der Waals surface area contributed by atoms with E-state index in [1.54, 1.807) is 19.1 Å². The summed E-state index contributed by atoms with van der Waals surface area (Å²) in [5.74, 6) is 0.426. The van der Waals surface area contributed by atoms with E-state index in [4.69, 9.17) is 9.47 Å². The lowest BCUT2D eigenvalue weighted by atomic mass is 10.1. The number of carbonyl (C=O) groups excluding carboxylic acids is 1. The lowest BCUT2D eigenvalue weighted by Gasteiger charge is -2.34. The standard InChI is InChI=1S/C22H26N2O5S/c1-16-3-5-19(22(25)28-2)14-21(16)30(26,27)24-10-8-23(9-11-24)15-17-4-6-20-18(13-17)7-12-29-20/h3-6,13-14H,7-12,15H2,1-2H3. The third-order valence-corrected chi connectivity index (χ3v) is 7.76. The fourth-order valence-corrected chi connectivity index (χ4v) is 5.66. The first-order chi connectivity index (χ1) is 14.4. The second-order valence-corrected chi connectivity index (χ2v) is 9.60. The highest BCUT2D eigenvalue weighted by Gasteiger charge is 2.30. The molecule has 30 heavy (non-hydrogen) atoms. The third kappa shape index (κ3) is 4.08. The number of nitrogens with zero attached hydrogens (tertiary/aromatic N) is 2. The molecular formula is C22H26N2O5S. The average molecular weight is 431 g/mol. The minimum Gasteiger partial charge on any atom is -0.493 e. The van der Waals surface area contributed by atoms with Crippen LogP contribution in [0.1, 0.15) is 27.0 Å². The second-order valence-electron chi connectivity index (χ2n) is 7.69. The summed E-state index contributed by atoms with van der Waals surface area (Å²) in [5, 5.41) is 0. The molecule has 2 aromatic rings. The molecule has 0 aromatic heterocycles. The first kappa shape index (κ1) is 20.8. The van der Waals surface area contributed by atoms with Gasteiger partial charge in [-0.25, -0.2) is 13.2 Å². The van der Waals surface area contributed by atoms with Crippen LogP contribution in [-0.2, 0) is 27.7 Å². The molecule has 0 aliphatic carbocycles. The van der Waals surface area contributed by atoms with E-state index in [0.29, 0.717) is 31.7 Å². The molecule has 8 heteroatoms. The molecule has 2 aromatic carbocycles. The lowest BCUT2D eigenvalue weighted by Crippen LogP contribution is -2.48. The molecule has 0 amide bonds. The van der Waals surface area contributed by atoms with Gasteiger partial charge in [-0.15, -0.1) is 0 Å². The Morgan fingerprint density at radius 2 is 1.87 bits per heavy atom. The van der Waals surface area contributed by atoms with Crippen molar-refractivity contribution in [1.82, 2.24) is 9.21 Å². The number of hydrogen-bond acceptors (Lipinski definition) is 6. The van der Waals surface area contributed by atoms with Gasteiger partial charge in [0, 0.05) is 39.1 Å². The second kappa shape index (κ2) is 8.37. The highest BCUT2D eigenvalue weighted by Crippen LogP contribution is 2.27. The van der Waals surface area contributed by atoms with Gasteiger partial charge in [0.15, 0.2) is 0 Å². The van der Waals surface area contributed by atoms with Gasteiger partial charge in [-0.05, 0) is 41.8 Å². The van der Waals surface area contributed by atoms with E-state index in [2.05, 4.69) is 17.0 Å². The van der Waals surface area contributed by atoms with Crippen LogP contribution in [-0.4, -0.2) is 63.5 Å². The van der Waals surface area contributed by atoms with Crippen molar-refractivity contribution in [1.29, 1.82) is 0 Å². The molecule has 1 fully saturated rings. The normalized spacial score (nSPS) is 17.4. The maximum absolute atomic E-state index is 13.2. The van der Waals surface area contributed by atoms with Crippen molar-refractivity contribution < 1.29 is 22.7 Å². The number of benzene rings is 2. The van der Waals surface area contributed by atoms with Crippen molar-refractivity contribution in [2.45, 2.75) is 24.8 Å². The molecule has 0 saturated carbocycles. The van der Waals surface area contributed by atoms with Crippen LogP contribution in [0.3, 0.4) is 0 Å². The number of carbonyl (C=O) groups is 1. The van der Waals surface area contributed by atoms with E-state index in [9.17, 15) is 13.2 Å². The van der Waals surface area contributed by atoms with Crippen LogP contribution >= 0.6 is 0 Å². The Morgan fingerprint density at radius 1 is 1.10 bits per heavy atom. The summed E-state index contributed by atoms with van der Waals surface area (Å²) in [4.78, 5) is 14.3. The molecular weight excluding hydrogens is 404 g/mol. The number of esters is 1. The summed E-state index contributed by atoms with van der Waals surface area (Å²) in [6, 6.07) is 10.9. The Kier molecular flexibility index (Phi) is 5.81. The zero-order chi connectivity index (χ0) is 21.3. The zero-order valence-corrected chi connectivity index (χ0v) is 18.1. The monoisotopic (exact) mass is 430 g/mol. The first-order valence-corrected chi connectivity index (χ1v) is 11.5. The molecule has 0 unspecified atom stereocenters. The molecule has 2 aliphatic heterocycles. The predicted octanol–water partition coefficient (Wildman–Crippen LogP) is 2.22. The summed E-state index contributed by atoms with van der Waals surface area (Å²) in [6.45, 7) is 5.41. The van der Waals surface area contributed by atoms with E-state index >= 15 is 0 Å². The van der Waals surface area contributed by atoms with E-state index in [1.165, 1.54) is 28.6 Å². The number of fused-ring (bicyclic) bond motifs is 1. The summed E-state index contributed by atoms with van der Waals surface area (Å²) in [5.41, 5.74) is 3.32. The Morgan fingerprint density at radius 3 is 2.60 bits per heavy atom. The molecule has 2 heterocycles. The number of ether oxygens (including phenoxy) is 2. The van der Waals surface area contributed by atoms with Crippen LogP contribution in [0.2, 0.25) is 0 Å². The van der Waals surface area contributed by atoms with E-state index in [-0.39, 0.29) is 10.5 Å². The molecule has 0 bridgehead atoms. The van der Waals surface area contributed by atoms with Crippen molar-refractivity contribution in [3.05, 3.63) is 58.7 Å². The van der Waals surface area contributed by atoms with Crippen LogP contribution in [0.5, 0.6) is 5.75 Å². The topological polar surface area (TPSA) is 76.2 Å². The SMILES string of the molecule is COC(=O)c1ccc(C)c(S(=O)(=O)N2CCN(Cc3ccc4c(c3)CCO4)CC2)c1. The van der Waals surface area contributed by atoms with Gasteiger partial charge in [0.05, 0.1) is 24.2 Å². The Hall–Kier alpha value is -2.42. The van der Waals surface area contributed by atoms with Gasteiger partial charge in [-0.2, -0.15) is 4.31 Å². The number of sulfonamides is 1. The van der Waals surface area contributed by atoms with Gasteiger partial charge in [-0.1, -0.05) is 18.2 Å². The van der Waals surface area contributed by atoms with Crippen molar-refractivity contribution >= 4 is 16.0 Å². The van der Waals surface area contributed by atoms with Crippen LogP contribution in [0, 0.1) is 6.92 Å². The van der Waals surface area contributed by atoms with Crippen LogP contribution in [0.15, 0.2) is 41.3 Å². The molecule has 2 aliphatic rings. The number of aryl methyl sites for hydroxylation is 1. The van der Waals surface area contributed by atoms with Crippen molar-refractivity contribution in [3.63, 3.8) is 0 Å². The molecule has 0 atom stereocenters. The molecule has 1 saturated heterocycles.